The molecule has 0 aromatic heterocycles. The van der Waals surface area contributed by atoms with Gasteiger partial charge in [0, 0.05) is 19.3 Å². The van der Waals surface area contributed by atoms with Crippen molar-refractivity contribution in [3.05, 3.63) is 35.9 Å². The number of benzene rings is 1. The fourth-order valence-corrected chi connectivity index (χ4v) is 5.92. The van der Waals surface area contributed by atoms with Crippen molar-refractivity contribution in [2.75, 3.05) is 13.9 Å². The topological polar surface area (TPSA) is 38.8 Å². The maximum absolute atomic E-state index is 12.7. The number of hydrogen-bond acceptors (Lipinski definition) is 3. The Hall–Kier alpha value is -1.17. The molecule has 1 aliphatic heterocycles. The number of methoxy groups -OCH3 is 1. The average molecular weight is 321 g/mol. The molecule has 0 aliphatic carbocycles. The molecule has 2 rings (SSSR count). The summed E-state index contributed by atoms with van der Waals surface area (Å²) in [5.74, 6) is 0.172. The van der Waals surface area contributed by atoms with Gasteiger partial charge in [-0.25, -0.2) is 0 Å². The van der Waals surface area contributed by atoms with Crippen LogP contribution in [0.2, 0.25) is 19.6 Å². The molecule has 0 N–H and O–H groups in total. The first-order chi connectivity index (χ1) is 10.4. The van der Waals surface area contributed by atoms with Gasteiger partial charge in [0.15, 0.2) is 0 Å². The molecule has 1 fully saturated rings. The van der Waals surface area contributed by atoms with E-state index < -0.39 is 8.07 Å². The van der Waals surface area contributed by atoms with Crippen LogP contribution in [0.3, 0.4) is 0 Å². The molecule has 0 saturated carbocycles. The Labute approximate surface area is 134 Å². The lowest BCUT2D eigenvalue weighted by molar-refractivity contribution is -0.169. The van der Waals surface area contributed by atoms with E-state index in [1.165, 1.54) is 5.56 Å². The summed E-state index contributed by atoms with van der Waals surface area (Å²) in [6, 6.07) is 10.2. The van der Waals surface area contributed by atoms with Crippen molar-refractivity contribution in [2.45, 2.75) is 44.9 Å². The Kier molecular flexibility index (Phi) is 5.42. The minimum Gasteiger partial charge on any atom is -0.359 e. The molecule has 0 bridgehead atoms. The summed E-state index contributed by atoms with van der Waals surface area (Å²) in [5, 5.41) is 0. The Morgan fingerprint density at radius 3 is 2.41 bits per heavy atom. The van der Waals surface area contributed by atoms with Crippen LogP contribution in [-0.2, 0) is 20.8 Å². The third kappa shape index (κ3) is 3.59. The van der Waals surface area contributed by atoms with Crippen LogP contribution in [0, 0.1) is 5.92 Å². The third-order valence-corrected chi connectivity index (χ3v) is 6.73. The number of likely N-dealkylation sites (tertiary alicyclic amines) is 1. The number of amides is 1. The predicted molar refractivity (Wildman–Crippen MR) is 90.0 cm³/mol. The summed E-state index contributed by atoms with van der Waals surface area (Å²) in [5.41, 5.74) is 1.50. The van der Waals surface area contributed by atoms with E-state index >= 15 is 0 Å². The quantitative estimate of drug-likeness (QED) is 0.440. The third-order valence-electron chi connectivity index (χ3n) is 4.28. The number of ether oxygens (including phenoxy) is 2. The van der Waals surface area contributed by atoms with Crippen molar-refractivity contribution in [1.82, 2.24) is 4.90 Å². The predicted octanol–water partition coefficient (Wildman–Crippen LogP) is 2.90. The normalized spacial score (nSPS) is 23.3. The van der Waals surface area contributed by atoms with E-state index in [2.05, 4.69) is 31.8 Å². The standard InChI is InChI=1S/C17H27NO3Si/c1-13(21-12-20-2)15-16(19)18(17(15)22(3,4)5)11-14-9-7-6-8-10-14/h6-10,13,15,17H,11-12H2,1-5H3. The molecule has 3 atom stereocenters. The molecule has 122 valence electrons. The molecule has 3 unspecified atom stereocenters. The Bertz CT molecular complexity index is 500. The summed E-state index contributed by atoms with van der Waals surface area (Å²) in [6.07, 6.45) is -0.101. The van der Waals surface area contributed by atoms with Gasteiger partial charge in [0.05, 0.1) is 20.1 Å². The number of nitrogens with zero attached hydrogens (tertiary/aromatic N) is 1. The van der Waals surface area contributed by atoms with Crippen LogP contribution in [0.4, 0.5) is 0 Å². The van der Waals surface area contributed by atoms with Gasteiger partial charge in [-0.1, -0.05) is 50.0 Å². The van der Waals surface area contributed by atoms with Gasteiger partial charge < -0.3 is 14.4 Å². The number of carbonyl (C=O) groups excluding carboxylic acids is 1. The molecule has 5 heteroatoms. The SMILES string of the molecule is COCOC(C)C1C(=O)N(Cc2ccccc2)C1[Si](C)(C)C. The number of hydrogen-bond donors (Lipinski definition) is 0. The molecule has 22 heavy (non-hydrogen) atoms. The fraction of sp³-hybridized carbons (Fsp3) is 0.588. The van der Waals surface area contributed by atoms with Gasteiger partial charge in [0.25, 0.3) is 0 Å². The minimum absolute atomic E-state index is 0.0365. The Morgan fingerprint density at radius 1 is 1.23 bits per heavy atom. The summed E-state index contributed by atoms with van der Waals surface area (Å²) >= 11 is 0. The zero-order valence-corrected chi connectivity index (χ0v) is 15.2. The van der Waals surface area contributed by atoms with Crippen LogP contribution >= 0.6 is 0 Å². The number of rotatable bonds is 7. The van der Waals surface area contributed by atoms with Crippen LogP contribution in [0.5, 0.6) is 0 Å². The second kappa shape index (κ2) is 6.94. The molecule has 0 spiro atoms. The summed E-state index contributed by atoms with van der Waals surface area (Å²) in [7, 11) is 0.0908. The molecule has 1 amide bonds. The van der Waals surface area contributed by atoms with Gasteiger partial charge in [-0.2, -0.15) is 0 Å². The highest BCUT2D eigenvalue weighted by Crippen LogP contribution is 2.38. The first-order valence-electron chi connectivity index (χ1n) is 7.81. The molecule has 1 aliphatic rings. The van der Waals surface area contributed by atoms with Crippen molar-refractivity contribution in [1.29, 1.82) is 0 Å². The molecule has 1 aromatic rings. The first kappa shape index (κ1) is 17.2. The van der Waals surface area contributed by atoms with Crippen LogP contribution in [-0.4, -0.2) is 44.6 Å². The Balaban J connectivity index is 2.13. The fourth-order valence-electron chi connectivity index (χ4n) is 3.27. The second-order valence-corrected chi connectivity index (χ2v) is 12.4. The van der Waals surface area contributed by atoms with Crippen LogP contribution in [0.25, 0.3) is 0 Å². The van der Waals surface area contributed by atoms with Crippen molar-refractivity contribution < 1.29 is 14.3 Å². The van der Waals surface area contributed by atoms with Gasteiger partial charge in [0.2, 0.25) is 5.91 Å². The van der Waals surface area contributed by atoms with Crippen molar-refractivity contribution in [3.8, 4) is 0 Å². The summed E-state index contributed by atoms with van der Waals surface area (Å²) in [6.45, 7) is 9.87. The lowest BCUT2D eigenvalue weighted by Crippen LogP contribution is -2.71. The van der Waals surface area contributed by atoms with Crippen LogP contribution in [0.1, 0.15) is 12.5 Å². The maximum atomic E-state index is 12.7. The average Bonchev–Trinajstić information content (AvgIpc) is 2.47. The molecular formula is C17H27NO3Si. The van der Waals surface area contributed by atoms with Gasteiger partial charge in [-0.15, -0.1) is 0 Å². The molecule has 1 aromatic carbocycles. The van der Waals surface area contributed by atoms with E-state index in [4.69, 9.17) is 9.47 Å². The zero-order valence-electron chi connectivity index (χ0n) is 14.2. The molecule has 0 radical (unpaired) electrons. The van der Waals surface area contributed by atoms with Crippen molar-refractivity contribution >= 4 is 14.0 Å². The Morgan fingerprint density at radius 2 is 1.86 bits per heavy atom. The molecule has 1 heterocycles. The van der Waals surface area contributed by atoms with Gasteiger partial charge in [-0.3, -0.25) is 4.79 Å². The highest BCUT2D eigenvalue weighted by Gasteiger charge is 2.55. The van der Waals surface area contributed by atoms with Gasteiger partial charge in [0.1, 0.15) is 6.79 Å². The van der Waals surface area contributed by atoms with E-state index in [9.17, 15) is 4.79 Å². The molecular weight excluding hydrogens is 294 g/mol. The smallest absolute Gasteiger partial charge is 0.230 e. The van der Waals surface area contributed by atoms with E-state index in [1.807, 2.05) is 30.0 Å². The zero-order chi connectivity index (χ0) is 16.3. The van der Waals surface area contributed by atoms with Gasteiger partial charge in [-0.05, 0) is 12.5 Å². The van der Waals surface area contributed by atoms with Crippen molar-refractivity contribution in [2.24, 2.45) is 5.92 Å². The lowest BCUT2D eigenvalue weighted by atomic mass is 9.92. The molecule has 1 saturated heterocycles. The number of β-lactam (4-membered cyclic amide) rings is 1. The minimum atomic E-state index is -1.51. The van der Waals surface area contributed by atoms with E-state index in [-0.39, 0.29) is 24.7 Å². The van der Waals surface area contributed by atoms with Crippen LogP contribution in [0.15, 0.2) is 30.3 Å². The highest BCUT2D eigenvalue weighted by molar-refractivity contribution is 6.78. The molecule has 4 nitrogen and oxygen atoms in total. The maximum Gasteiger partial charge on any atom is 0.230 e. The van der Waals surface area contributed by atoms with Crippen molar-refractivity contribution in [3.63, 3.8) is 0 Å². The second-order valence-electron chi connectivity index (χ2n) is 7.07. The van der Waals surface area contributed by atoms with Gasteiger partial charge >= 0.3 is 0 Å². The first-order valence-corrected chi connectivity index (χ1v) is 11.4. The lowest BCUT2D eigenvalue weighted by Gasteiger charge is -2.54. The summed E-state index contributed by atoms with van der Waals surface area (Å²) in [4.78, 5) is 14.7. The van der Waals surface area contributed by atoms with Crippen LogP contribution < -0.4 is 0 Å². The number of carbonyl (C=O) groups is 1. The van der Waals surface area contributed by atoms with E-state index in [0.29, 0.717) is 12.2 Å². The van der Waals surface area contributed by atoms with E-state index in [0.717, 1.165) is 0 Å². The summed E-state index contributed by atoms with van der Waals surface area (Å²) < 4.78 is 10.6. The monoisotopic (exact) mass is 321 g/mol. The van der Waals surface area contributed by atoms with E-state index in [1.54, 1.807) is 7.11 Å². The largest absolute Gasteiger partial charge is 0.359 e. The highest BCUT2D eigenvalue weighted by atomic mass is 28.3.